The summed E-state index contributed by atoms with van der Waals surface area (Å²) in [4.78, 5) is 44.3. The standard InChI is InChI=1S/C10H18N4O6/c1-5(9(18)14-6(4-15)10(19)20)13-8(17)3-12-7(16)2-11/h5-6,15H,2-4,11H2,1H3,(H,12,16)(H,13,17)(H,14,18)(H,19,20)/t5-,6-/m0/s1. The predicted molar refractivity (Wildman–Crippen MR) is 66.3 cm³/mol. The highest BCUT2D eigenvalue weighted by molar-refractivity contribution is 5.91. The van der Waals surface area contributed by atoms with Gasteiger partial charge >= 0.3 is 5.97 Å². The maximum absolute atomic E-state index is 11.5. The highest BCUT2D eigenvalue weighted by Crippen LogP contribution is 1.87. The average Bonchev–Trinajstić information content (AvgIpc) is 2.41. The van der Waals surface area contributed by atoms with E-state index in [1.807, 2.05) is 5.32 Å². The number of aliphatic carboxylic acids is 1. The van der Waals surface area contributed by atoms with Crippen LogP contribution in [0.25, 0.3) is 0 Å². The van der Waals surface area contributed by atoms with Gasteiger partial charge in [-0.15, -0.1) is 0 Å². The van der Waals surface area contributed by atoms with Crippen LogP contribution in [-0.4, -0.2) is 65.7 Å². The summed E-state index contributed by atoms with van der Waals surface area (Å²) in [6.45, 7) is -0.0569. The molecule has 0 spiro atoms. The first-order chi connectivity index (χ1) is 9.31. The Balaban J connectivity index is 4.21. The minimum absolute atomic E-state index is 0.264. The third kappa shape index (κ3) is 6.66. The monoisotopic (exact) mass is 290 g/mol. The number of carboxylic acid groups (broad SMARTS) is 1. The van der Waals surface area contributed by atoms with Gasteiger partial charge in [-0.2, -0.15) is 0 Å². The van der Waals surface area contributed by atoms with Crippen LogP contribution in [0, 0.1) is 0 Å². The quantitative estimate of drug-likeness (QED) is 0.265. The van der Waals surface area contributed by atoms with Gasteiger partial charge in [-0.05, 0) is 6.92 Å². The average molecular weight is 290 g/mol. The van der Waals surface area contributed by atoms with E-state index in [-0.39, 0.29) is 13.1 Å². The topological polar surface area (TPSA) is 171 Å². The van der Waals surface area contributed by atoms with E-state index in [0.29, 0.717) is 0 Å². The zero-order chi connectivity index (χ0) is 15.7. The molecule has 3 amide bonds. The predicted octanol–water partition coefficient (Wildman–Crippen LogP) is -3.87. The molecule has 0 aliphatic rings. The third-order valence-electron chi connectivity index (χ3n) is 2.20. The molecule has 0 saturated heterocycles. The van der Waals surface area contributed by atoms with E-state index in [2.05, 4.69) is 10.6 Å². The van der Waals surface area contributed by atoms with Gasteiger partial charge in [0.15, 0.2) is 0 Å². The highest BCUT2D eigenvalue weighted by atomic mass is 16.4. The van der Waals surface area contributed by atoms with Gasteiger partial charge in [-0.25, -0.2) is 4.79 Å². The smallest absolute Gasteiger partial charge is 0.328 e. The largest absolute Gasteiger partial charge is 0.480 e. The molecule has 0 heterocycles. The van der Waals surface area contributed by atoms with Crippen molar-refractivity contribution in [2.24, 2.45) is 5.73 Å². The Kier molecular flexibility index (Phi) is 7.85. The number of carbonyl (C=O) groups excluding carboxylic acids is 3. The second kappa shape index (κ2) is 8.82. The van der Waals surface area contributed by atoms with Crippen LogP contribution in [0.1, 0.15) is 6.92 Å². The van der Waals surface area contributed by atoms with Gasteiger partial charge in [0.2, 0.25) is 17.7 Å². The van der Waals surface area contributed by atoms with Crippen LogP contribution in [-0.2, 0) is 19.2 Å². The summed E-state index contributed by atoms with van der Waals surface area (Å²) in [5.41, 5.74) is 5.02. The van der Waals surface area contributed by atoms with Crippen molar-refractivity contribution in [2.45, 2.75) is 19.0 Å². The summed E-state index contributed by atoms with van der Waals surface area (Å²) in [6.07, 6.45) is 0. The molecule has 0 radical (unpaired) electrons. The SMILES string of the molecule is C[C@H](NC(=O)CNC(=O)CN)C(=O)N[C@@H](CO)C(=O)O. The van der Waals surface area contributed by atoms with Gasteiger partial charge in [0, 0.05) is 0 Å². The van der Waals surface area contributed by atoms with Gasteiger partial charge in [-0.1, -0.05) is 0 Å². The molecule has 10 nitrogen and oxygen atoms in total. The van der Waals surface area contributed by atoms with Crippen LogP contribution in [0.15, 0.2) is 0 Å². The fraction of sp³-hybridized carbons (Fsp3) is 0.600. The summed E-state index contributed by atoms with van der Waals surface area (Å²) in [5.74, 6) is -3.33. The van der Waals surface area contributed by atoms with E-state index in [0.717, 1.165) is 0 Å². The van der Waals surface area contributed by atoms with Crippen molar-refractivity contribution < 1.29 is 29.4 Å². The van der Waals surface area contributed by atoms with E-state index in [4.69, 9.17) is 15.9 Å². The van der Waals surface area contributed by atoms with Crippen molar-refractivity contribution in [3.63, 3.8) is 0 Å². The number of carboxylic acids is 1. The number of rotatable bonds is 8. The molecule has 10 heteroatoms. The van der Waals surface area contributed by atoms with Crippen LogP contribution in [0.5, 0.6) is 0 Å². The highest BCUT2D eigenvalue weighted by Gasteiger charge is 2.23. The number of hydrogen-bond acceptors (Lipinski definition) is 6. The normalized spacial score (nSPS) is 12.9. The summed E-state index contributed by atoms with van der Waals surface area (Å²) in [6, 6.07) is -2.47. The van der Waals surface area contributed by atoms with E-state index in [9.17, 15) is 19.2 Å². The molecule has 0 aromatic carbocycles. The van der Waals surface area contributed by atoms with E-state index >= 15 is 0 Å². The number of nitrogens with one attached hydrogen (secondary N) is 3. The zero-order valence-corrected chi connectivity index (χ0v) is 10.9. The molecule has 0 fully saturated rings. The second-order valence-electron chi connectivity index (χ2n) is 3.85. The van der Waals surface area contributed by atoms with Crippen LogP contribution in [0.3, 0.4) is 0 Å². The van der Waals surface area contributed by atoms with Crippen LogP contribution in [0.2, 0.25) is 0 Å². The third-order valence-corrected chi connectivity index (χ3v) is 2.20. The molecule has 0 aromatic rings. The maximum Gasteiger partial charge on any atom is 0.328 e. The van der Waals surface area contributed by atoms with Crippen molar-refractivity contribution in [2.75, 3.05) is 19.7 Å². The Hall–Kier alpha value is -2.20. The van der Waals surface area contributed by atoms with Crippen molar-refractivity contribution in [3.8, 4) is 0 Å². The summed E-state index contributed by atoms with van der Waals surface area (Å²) in [7, 11) is 0. The first kappa shape index (κ1) is 17.8. The van der Waals surface area contributed by atoms with Gasteiger partial charge < -0.3 is 31.9 Å². The summed E-state index contributed by atoms with van der Waals surface area (Å²) < 4.78 is 0. The van der Waals surface area contributed by atoms with Crippen molar-refractivity contribution in [3.05, 3.63) is 0 Å². The molecule has 0 rings (SSSR count). The molecule has 0 bridgehead atoms. The number of hydrogen-bond donors (Lipinski definition) is 6. The van der Waals surface area contributed by atoms with E-state index < -0.39 is 42.4 Å². The lowest BCUT2D eigenvalue weighted by atomic mass is 10.2. The fourth-order valence-electron chi connectivity index (χ4n) is 1.09. The molecular weight excluding hydrogens is 272 g/mol. The summed E-state index contributed by atoms with van der Waals surface area (Å²) >= 11 is 0. The molecular formula is C10H18N4O6. The second-order valence-corrected chi connectivity index (χ2v) is 3.85. The van der Waals surface area contributed by atoms with Gasteiger partial charge in [0.25, 0.3) is 0 Å². The Morgan fingerprint density at radius 1 is 1.15 bits per heavy atom. The number of carbonyl (C=O) groups is 4. The molecule has 2 atom stereocenters. The van der Waals surface area contributed by atoms with Gasteiger partial charge in [0.05, 0.1) is 19.7 Å². The zero-order valence-electron chi connectivity index (χ0n) is 10.9. The van der Waals surface area contributed by atoms with Crippen LogP contribution < -0.4 is 21.7 Å². The number of amides is 3. The maximum atomic E-state index is 11.5. The first-order valence-electron chi connectivity index (χ1n) is 5.72. The molecule has 0 saturated carbocycles. The Morgan fingerprint density at radius 2 is 1.75 bits per heavy atom. The lowest BCUT2D eigenvalue weighted by molar-refractivity contribution is -0.143. The van der Waals surface area contributed by atoms with Gasteiger partial charge in [-0.3, -0.25) is 14.4 Å². The Labute approximate surface area is 114 Å². The Morgan fingerprint density at radius 3 is 2.20 bits per heavy atom. The van der Waals surface area contributed by atoms with E-state index in [1.54, 1.807) is 0 Å². The minimum Gasteiger partial charge on any atom is -0.480 e. The molecule has 7 N–H and O–H groups in total. The fourth-order valence-corrected chi connectivity index (χ4v) is 1.09. The van der Waals surface area contributed by atoms with Crippen LogP contribution in [0.4, 0.5) is 0 Å². The van der Waals surface area contributed by atoms with Crippen molar-refractivity contribution in [1.82, 2.24) is 16.0 Å². The lowest BCUT2D eigenvalue weighted by Gasteiger charge is -2.17. The summed E-state index contributed by atoms with van der Waals surface area (Å²) in [5, 5.41) is 23.9. The van der Waals surface area contributed by atoms with Crippen LogP contribution >= 0.6 is 0 Å². The molecule has 20 heavy (non-hydrogen) atoms. The Bertz CT molecular complexity index is 386. The van der Waals surface area contributed by atoms with Crippen molar-refractivity contribution >= 4 is 23.7 Å². The molecule has 0 aromatic heterocycles. The van der Waals surface area contributed by atoms with E-state index in [1.165, 1.54) is 6.92 Å². The van der Waals surface area contributed by atoms with Gasteiger partial charge in [0.1, 0.15) is 12.1 Å². The number of aliphatic hydroxyl groups is 1. The molecule has 0 aliphatic carbocycles. The number of nitrogens with two attached hydrogens (primary N) is 1. The molecule has 0 aliphatic heterocycles. The number of aliphatic hydroxyl groups excluding tert-OH is 1. The molecule has 0 unspecified atom stereocenters. The first-order valence-corrected chi connectivity index (χ1v) is 5.72. The molecule has 114 valence electrons. The lowest BCUT2D eigenvalue weighted by Crippen LogP contribution is -2.53. The minimum atomic E-state index is -1.45. The van der Waals surface area contributed by atoms with Crippen molar-refractivity contribution in [1.29, 1.82) is 0 Å².